The van der Waals surface area contributed by atoms with E-state index in [2.05, 4.69) is 4.72 Å². The maximum atomic E-state index is 12.2. The molecule has 0 aliphatic carbocycles. The number of nitrogens with two attached hydrogens (primary N) is 1. The SMILES string of the molecule is COc1cc(C)c(N)cc1S(=O)(=O)NCCC(C)C. The predicted molar refractivity (Wildman–Crippen MR) is 76.8 cm³/mol. The molecule has 0 spiro atoms. The van der Waals surface area contributed by atoms with E-state index in [9.17, 15) is 8.42 Å². The van der Waals surface area contributed by atoms with Crippen LogP contribution in [-0.2, 0) is 10.0 Å². The summed E-state index contributed by atoms with van der Waals surface area (Å²) in [6, 6.07) is 3.07. The topological polar surface area (TPSA) is 81.4 Å². The van der Waals surface area contributed by atoms with Crippen LogP contribution in [0.15, 0.2) is 17.0 Å². The zero-order chi connectivity index (χ0) is 14.6. The first-order chi connectivity index (χ1) is 8.77. The maximum absolute atomic E-state index is 12.2. The molecular formula is C13H22N2O3S. The summed E-state index contributed by atoms with van der Waals surface area (Å²) in [5.74, 6) is 0.747. The van der Waals surface area contributed by atoms with E-state index >= 15 is 0 Å². The molecule has 1 aromatic carbocycles. The minimum Gasteiger partial charge on any atom is -0.495 e. The minimum absolute atomic E-state index is 0.0851. The highest BCUT2D eigenvalue weighted by molar-refractivity contribution is 7.89. The van der Waals surface area contributed by atoms with Crippen LogP contribution >= 0.6 is 0 Å². The van der Waals surface area contributed by atoms with Crippen molar-refractivity contribution in [3.63, 3.8) is 0 Å². The van der Waals surface area contributed by atoms with Gasteiger partial charge < -0.3 is 10.5 Å². The van der Waals surface area contributed by atoms with Crippen LogP contribution in [-0.4, -0.2) is 22.1 Å². The number of methoxy groups -OCH3 is 1. The van der Waals surface area contributed by atoms with Crippen LogP contribution in [0.5, 0.6) is 5.75 Å². The third-order valence-electron chi connectivity index (χ3n) is 2.86. The molecule has 0 bridgehead atoms. The Labute approximate surface area is 115 Å². The monoisotopic (exact) mass is 286 g/mol. The largest absolute Gasteiger partial charge is 0.495 e. The number of aryl methyl sites for hydroxylation is 1. The molecule has 0 atom stereocenters. The highest BCUT2D eigenvalue weighted by atomic mass is 32.2. The Morgan fingerprint density at radius 3 is 2.53 bits per heavy atom. The fourth-order valence-corrected chi connectivity index (χ4v) is 2.84. The first kappa shape index (κ1) is 15.8. The Morgan fingerprint density at radius 1 is 1.37 bits per heavy atom. The highest BCUT2D eigenvalue weighted by Crippen LogP contribution is 2.28. The Morgan fingerprint density at radius 2 is 2.00 bits per heavy atom. The highest BCUT2D eigenvalue weighted by Gasteiger charge is 2.20. The van der Waals surface area contributed by atoms with Gasteiger partial charge >= 0.3 is 0 Å². The molecule has 6 heteroatoms. The summed E-state index contributed by atoms with van der Waals surface area (Å²) in [5, 5.41) is 0. The van der Waals surface area contributed by atoms with E-state index in [-0.39, 0.29) is 4.90 Å². The van der Waals surface area contributed by atoms with Gasteiger partial charge in [0.1, 0.15) is 10.6 Å². The summed E-state index contributed by atoms with van der Waals surface area (Å²) in [6.45, 7) is 6.29. The van der Waals surface area contributed by atoms with Crippen LogP contribution in [0.2, 0.25) is 0 Å². The average Bonchev–Trinajstić information content (AvgIpc) is 2.31. The quantitative estimate of drug-likeness (QED) is 0.783. The Hall–Kier alpha value is -1.27. The molecule has 0 aromatic heterocycles. The predicted octanol–water partition coefficient (Wildman–Crippen LogP) is 1.91. The Bertz CT molecular complexity index is 539. The molecule has 19 heavy (non-hydrogen) atoms. The van der Waals surface area contributed by atoms with Crippen molar-refractivity contribution in [2.75, 3.05) is 19.4 Å². The zero-order valence-electron chi connectivity index (χ0n) is 11.9. The molecule has 0 fully saturated rings. The number of hydrogen-bond acceptors (Lipinski definition) is 4. The van der Waals surface area contributed by atoms with Crippen molar-refractivity contribution in [1.82, 2.24) is 4.72 Å². The van der Waals surface area contributed by atoms with E-state index in [4.69, 9.17) is 10.5 Å². The summed E-state index contributed by atoms with van der Waals surface area (Å²) in [5.41, 5.74) is 7.00. The summed E-state index contributed by atoms with van der Waals surface area (Å²) < 4.78 is 32.1. The Balaban J connectivity index is 3.03. The van der Waals surface area contributed by atoms with E-state index in [1.807, 2.05) is 13.8 Å². The molecule has 0 aliphatic rings. The first-order valence-electron chi connectivity index (χ1n) is 6.21. The molecule has 1 rings (SSSR count). The molecule has 0 amide bonds. The number of rotatable bonds is 6. The summed E-state index contributed by atoms with van der Waals surface area (Å²) in [4.78, 5) is 0.0851. The van der Waals surface area contributed by atoms with Crippen molar-refractivity contribution in [3.8, 4) is 5.75 Å². The third-order valence-corrected chi connectivity index (χ3v) is 4.34. The lowest BCUT2D eigenvalue weighted by Crippen LogP contribution is -2.26. The van der Waals surface area contributed by atoms with Gasteiger partial charge in [-0.25, -0.2) is 13.1 Å². The second kappa shape index (κ2) is 6.25. The van der Waals surface area contributed by atoms with Crippen LogP contribution in [0.1, 0.15) is 25.8 Å². The van der Waals surface area contributed by atoms with Crippen molar-refractivity contribution in [2.45, 2.75) is 32.1 Å². The molecule has 0 saturated heterocycles. The molecule has 0 radical (unpaired) electrons. The molecule has 0 unspecified atom stereocenters. The fraction of sp³-hybridized carbons (Fsp3) is 0.538. The molecular weight excluding hydrogens is 264 g/mol. The van der Waals surface area contributed by atoms with E-state index in [0.717, 1.165) is 12.0 Å². The van der Waals surface area contributed by atoms with Crippen LogP contribution in [0.3, 0.4) is 0 Å². The number of sulfonamides is 1. The molecule has 108 valence electrons. The summed E-state index contributed by atoms with van der Waals surface area (Å²) in [7, 11) is -2.15. The number of nitrogen functional groups attached to an aromatic ring is 1. The van der Waals surface area contributed by atoms with Crippen molar-refractivity contribution in [1.29, 1.82) is 0 Å². The molecule has 0 aliphatic heterocycles. The van der Waals surface area contributed by atoms with E-state index in [1.165, 1.54) is 13.2 Å². The van der Waals surface area contributed by atoms with Crippen molar-refractivity contribution in [3.05, 3.63) is 17.7 Å². The maximum Gasteiger partial charge on any atom is 0.244 e. The second-order valence-electron chi connectivity index (χ2n) is 4.94. The van der Waals surface area contributed by atoms with Gasteiger partial charge in [0.2, 0.25) is 10.0 Å². The van der Waals surface area contributed by atoms with Crippen molar-refractivity contribution < 1.29 is 13.2 Å². The van der Waals surface area contributed by atoms with Crippen molar-refractivity contribution in [2.24, 2.45) is 5.92 Å². The van der Waals surface area contributed by atoms with Gasteiger partial charge in [-0.15, -0.1) is 0 Å². The number of nitrogens with one attached hydrogen (secondary N) is 1. The van der Waals surface area contributed by atoms with Gasteiger partial charge in [-0.3, -0.25) is 0 Å². The normalized spacial score (nSPS) is 11.8. The molecule has 3 N–H and O–H groups in total. The first-order valence-corrected chi connectivity index (χ1v) is 7.70. The lowest BCUT2D eigenvalue weighted by Gasteiger charge is -2.13. The standard InChI is InChI=1S/C13H22N2O3S/c1-9(2)5-6-15-19(16,17)13-8-11(14)10(3)7-12(13)18-4/h7-9,15H,5-6,14H2,1-4H3. The number of hydrogen-bond donors (Lipinski definition) is 2. The van der Waals surface area contributed by atoms with Gasteiger partial charge in [-0.1, -0.05) is 13.8 Å². The lowest BCUT2D eigenvalue weighted by atomic mass is 10.1. The van der Waals surface area contributed by atoms with E-state index in [0.29, 0.717) is 23.9 Å². The molecule has 0 heterocycles. The van der Waals surface area contributed by atoms with Gasteiger partial charge in [-0.05, 0) is 37.0 Å². The summed E-state index contributed by atoms with van der Waals surface area (Å²) in [6.07, 6.45) is 0.781. The number of ether oxygens (including phenoxy) is 1. The minimum atomic E-state index is -3.59. The lowest BCUT2D eigenvalue weighted by molar-refractivity contribution is 0.402. The Kier molecular flexibility index (Phi) is 5.20. The van der Waals surface area contributed by atoms with Crippen LogP contribution < -0.4 is 15.2 Å². The smallest absolute Gasteiger partial charge is 0.244 e. The van der Waals surface area contributed by atoms with Gasteiger partial charge in [0.15, 0.2) is 0 Å². The van der Waals surface area contributed by atoms with E-state index in [1.54, 1.807) is 13.0 Å². The van der Waals surface area contributed by atoms with Crippen LogP contribution in [0.25, 0.3) is 0 Å². The second-order valence-corrected chi connectivity index (χ2v) is 6.68. The van der Waals surface area contributed by atoms with Gasteiger partial charge in [0.25, 0.3) is 0 Å². The van der Waals surface area contributed by atoms with E-state index < -0.39 is 10.0 Å². The van der Waals surface area contributed by atoms with Crippen LogP contribution in [0, 0.1) is 12.8 Å². The van der Waals surface area contributed by atoms with Crippen LogP contribution in [0.4, 0.5) is 5.69 Å². The van der Waals surface area contributed by atoms with Crippen molar-refractivity contribution >= 4 is 15.7 Å². The molecule has 1 aromatic rings. The number of anilines is 1. The van der Waals surface area contributed by atoms with Gasteiger partial charge in [-0.2, -0.15) is 0 Å². The number of benzene rings is 1. The molecule has 0 saturated carbocycles. The van der Waals surface area contributed by atoms with Gasteiger partial charge in [0.05, 0.1) is 7.11 Å². The third kappa shape index (κ3) is 4.11. The average molecular weight is 286 g/mol. The van der Waals surface area contributed by atoms with Gasteiger partial charge in [0, 0.05) is 12.2 Å². The molecule has 5 nitrogen and oxygen atoms in total. The summed E-state index contributed by atoms with van der Waals surface area (Å²) >= 11 is 0. The fourth-order valence-electron chi connectivity index (χ4n) is 1.61. The zero-order valence-corrected chi connectivity index (χ0v) is 12.7.